The Morgan fingerprint density at radius 3 is 2.56 bits per heavy atom. The van der Waals surface area contributed by atoms with Gasteiger partial charge in [0.25, 0.3) is 0 Å². The van der Waals surface area contributed by atoms with Crippen LogP contribution in [0.15, 0.2) is 40.2 Å². The van der Waals surface area contributed by atoms with E-state index in [2.05, 4.69) is 21.2 Å². The van der Waals surface area contributed by atoms with Crippen molar-refractivity contribution in [3.63, 3.8) is 0 Å². The number of nitrogens with one attached hydrogen (secondary N) is 1. The number of rotatable bonds is 4. The van der Waals surface area contributed by atoms with Gasteiger partial charge in [-0.15, -0.1) is 11.3 Å². The first-order valence-electron chi connectivity index (χ1n) is 8.10. The molecule has 1 aliphatic rings. The lowest BCUT2D eigenvalue weighted by atomic mass is 9.95. The van der Waals surface area contributed by atoms with Crippen LogP contribution in [0.1, 0.15) is 17.7 Å². The van der Waals surface area contributed by atoms with E-state index in [-0.39, 0.29) is 23.4 Å². The molecule has 0 saturated carbocycles. The van der Waals surface area contributed by atoms with Gasteiger partial charge in [-0.25, -0.2) is 4.39 Å². The highest BCUT2D eigenvalue weighted by molar-refractivity contribution is 9.11. The molecule has 7 heteroatoms. The second-order valence-corrected chi connectivity index (χ2v) is 8.55. The number of halogens is 2. The van der Waals surface area contributed by atoms with Crippen LogP contribution in [0, 0.1) is 11.7 Å². The third-order valence-electron chi connectivity index (χ3n) is 4.30. The zero-order valence-corrected chi connectivity index (χ0v) is 15.9. The molecule has 2 heterocycles. The van der Waals surface area contributed by atoms with E-state index in [4.69, 9.17) is 0 Å². The molecule has 1 saturated heterocycles. The number of hydrogen-bond donors (Lipinski definition) is 1. The number of para-hydroxylation sites is 1. The average Bonchev–Trinajstić information content (AvgIpc) is 3.02. The van der Waals surface area contributed by atoms with E-state index in [0.29, 0.717) is 32.4 Å². The van der Waals surface area contributed by atoms with Gasteiger partial charge in [0.05, 0.1) is 15.9 Å². The number of benzene rings is 1. The van der Waals surface area contributed by atoms with Crippen molar-refractivity contribution in [2.24, 2.45) is 5.92 Å². The number of amides is 2. The van der Waals surface area contributed by atoms with Crippen molar-refractivity contribution in [2.45, 2.75) is 19.3 Å². The predicted molar refractivity (Wildman–Crippen MR) is 100 cm³/mol. The number of nitrogens with zero attached hydrogens (tertiary/aromatic N) is 1. The maximum atomic E-state index is 13.6. The summed E-state index contributed by atoms with van der Waals surface area (Å²) in [5.41, 5.74) is 0.203. The van der Waals surface area contributed by atoms with Gasteiger partial charge in [-0.1, -0.05) is 12.1 Å². The summed E-state index contributed by atoms with van der Waals surface area (Å²) in [6, 6.07) is 10.0. The summed E-state index contributed by atoms with van der Waals surface area (Å²) in [5.74, 6) is -0.730. The van der Waals surface area contributed by atoms with Crippen LogP contribution in [0.5, 0.6) is 0 Å². The Labute approximate surface area is 158 Å². The zero-order chi connectivity index (χ0) is 17.8. The highest BCUT2D eigenvalue weighted by Crippen LogP contribution is 2.25. The molecule has 0 bridgehead atoms. The quantitative estimate of drug-likeness (QED) is 0.803. The molecular formula is C18H18BrFN2O2S. The van der Waals surface area contributed by atoms with E-state index >= 15 is 0 Å². The fourth-order valence-electron chi connectivity index (χ4n) is 2.90. The van der Waals surface area contributed by atoms with Crippen LogP contribution in [-0.4, -0.2) is 29.8 Å². The van der Waals surface area contributed by atoms with Crippen LogP contribution in [0.25, 0.3) is 0 Å². The van der Waals surface area contributed by atoms with Gasteiger partial charge in [0.1, 0.15) is 5.82 Å². The molecule has 2 amide bonds. The summed E-state index contributed by atoms with van der Waals surface area (Å²) in [6.07, 6.45) is 1.59. The summed E-state index contributed by atoms with van der Waals surface area (Å²) in [7, 11) is 0. The molecule has 1 aromatic carbocycles. The molecular weight excluding hydrogens is 407 g/mol. The number of carbonyl (C=O) groups is 2. The zero-order valence-electron chi connectivity index (χ0n) is 13.5. The minimum absolute atomic E-state index is 0.0855. The van der Waals surface area contributed by atoms with Gasteiger partial charge in [0.15, 0.2) is 0 Å². The largest absolute Gasteiger partial charge is 0.342 e. The van der Waals surface area contributed by atoms with Crippen LogP contribution in [0.4, 0.5) is 10.1 Å². The van der Waals surface area contributed by atoms with Gasteiger partial charge in [0, 0.05) is 23.9 Å². The van der Waals surface area contributed by atoms with Crippen molar-refractivity contribution in [1.29, 1.82) is 0 Å². The van der Waals surface area contributed by atoms with E-state index < -0.39 is 5.82 Å². The Bertz CT molecular complexity index is 772. The van der Waals surface area contributed by atoms with Crippen LogP contribution < -0.4 is 5.32 Å². The summed E-state index contributed by atoms with van der Waals surface area (Å²) in [6.45, 7) is 1.11. The first-order chi connectivity index (χ1) is 12.0. The lowest BCUT2D eigenvalue weighted by molar-refractivity contribution is -0.133. The number of hydrogen-bond acceptors (Lipinski definition) is 3. The first kappa shape index (κ1) is 18.1. The van der Waals surface area contributed by atoms with Crippen molar-refractivity contribution in [3.05, 3.63) is 50.9 Å². The average molecular weight is 425 g/mol. The van der Waals surface area contributed by atoms with E-state index in [1.54, 1.807) is 34.4 Å². The molecule has 0 atom stereocenters. The molecule has 25 heavy (non-hydrogen) atoms. The third kappa shape index (κ3) is 4.67. The van der Waals surface area contributed by atoms with E-state index in [1.165, 1.54) is 6.07 Å². The van der Waals surface area contributed by atoms with Gasteiger partial charge >= 0.3 is 0 Å². The topological polar surface area (TPSA) is 49.4 Å². The number of anilines is 1. The highest BCUT2D eigenvalue weighted by Gasteiger charge is 2.27. The maximum absolute atomic E-state index is 13.6. The highest BCUT2D eigenvalue weighted by atomic mass is 79.9. The lowest BCUT2D eigenvalue weighted by Gasteiger charge is -2.31. The summed E-state index contributed by atoms with van der Waals surface area (Å²) in [5, 5.41) is 2.65. The molecule has 0 aliphatic carbocycles. The molecule has 4 nitrogen and oxygen atoms in total. The van der Waals surface area contributed by atoms with Crippen LogP contribution >= 0.6 is 27.3 Å². The van der Waals surface area contributed by atoms with Gasteiger partial charge in [-0.05, 0) is 53.0 Å². The minimum Gasteiger partial charge on any atom is -0.342 e. The van der Waals surface area contributed by atoms with Crippen molar-refractivity contribution in [3.8, 4) is 0 Å². The molecule has 3 rings (SSSR count). The van der Waals surface area contributed by atoms with E-state index in [0.717, 1.165) is 8.66 Å². The second kappa shape index (κ2) is 8.10. The Morgan fingerprint density at radius 2 is 1.92 bits per heavy atom. The molecule has 1 aliphatic heterocycles. The SMILES string of the molecule is O=C(Nc1ccccc1F)C1CCN(C(=O)Cc2ccc(Br)s2)CC1. The summed E-state index contributed by atoms with van der Waals surface area (Å²) < 4.78 is 14.6. The van der Waals surface area contributed by atoms with Gasteiger partial charge in [-0.2, -0.15) is 0 Å². The molecule has 1 fully saturated rings. The standard InChI is InChI=1S/C18H18BrFN2O2S/c19-16-6-5-13(25-16)11-17(23)22-9-7-12(8-10-22)18(24)21-15-4-2-1-3-14(15)20/h1-6,12H,7-11H2,(H,21,24). The normalized spacial score (nSPS) is 15.2. The fourth-order valence-corrected chi connectivity index (χ4v) is 4.37. The number of likely N-dealkylation sites (tertiary alicyclic amines) is 1. The van der Waals surface area contributed by atoms with Crippen molar-refractivity contribution in [2.75, 3.05) is 18.4 Å². The molecule has 2 aromatic rings. The Morgan fingerprint density at radius 1 is 1.20 bits per heavy atom. The van der Waals surface area contributed by atoms with Crippen molar-refractivity contribution < 1.29 is 14.0 Å². The number of piperidine rings is 1. The Kier molecular flexibility index (Phi) is 5.86. The fraction of sp³-hybridized carbons (Fsp3) is 0.333. The van der Waals surface area contributed by atoms with Crippen LogP contribution in [0.3, 0.4) is 0 Å². The summed E-state index contributed by atoms with van der Waals surface area (Å²) >= 11 is 4.95. The lowest BCUT2D eigenvalue weighted by Crippen LogP contribution is -2.42. The Hall–Kier alpha value is -1.73. The second-order valence-electron chi connectivity index (χ2n) is 6.01. The molecule has 0 unspecified atom stereocenters. The van der Waals surface area contributed by atoms with Gasteiger partial charge in [0.2, 0.25) is 11.8 Å². The van der Waals surface area contributed by atoms with Crippen molar-refractivity contribution in [1.82, 2.24) is 4.90 Å². The molecule has 132 valence electrons. The first-order valence-corrected chi connectivity index (χ1v) is 9.71. The van der Waals surface area contributed by atoms with Crippen LogP contribution in [0.2, 0.25) is 0 Å². The molecule has 1 aromatic heterocycles. The molecule has 0 spiro atoms. The maximum Gasteiger partial charge on any atom is 0.227 e. The molecule has 0 radical (unpaired) electrons. The van der Waals surface area contributed by atoms with E-state index in [1.807, 2.05) is 12.1 Å². The molecule has 1 N–H and O–H groups in total. The number of carbonyl (C=O) groups excluding carboxylic acids is 2. The predicted octanol–water partition coefficient (Wildman–Crippen LogP) is 4.07. The minimum atomic E-state index is -0.439. The Balaban J connectivity index is 1.50. The van der Waals surface area contributed by atoms with Gasteiger partial charge in [-0.3, -0.25) is 9.59 Å². The monoisotopic (exact) mass is 424 g/mol. The van der Waals surface area contributed by atoms with E-state index in [9.17, 15) is 14.0 Å². The van der Waals surface area contributed by atoms with Gasteiger partial charge < -0.3 is 10.2 Å². The summed E-state index contributed by atoms with van der Waals surface area (Å²) in [4.78, 5) is 27.5. The smallest absolute Gasteiger partial charge is 0.227 e. The van der Waals surface area contributed by atoms with Crippen LogP contribution in [-0.2, 0) is 16.0 Å². The van der Waals surface area contributed by atoms with Crippen molar-refractivity contribution >= 4 is 44.8 Å². The number of thiophene rings is 1. The third-order valence-corrected chi connectivity index (χ3v) is 5.93.